The van der Waals surface area contributed by atoms with Crippen molar-refractivity contribution in [3.8, 4) is 0 Å². The Hall–Kier alpha value is -1.66. The van der Waals surface area contributed by atoms with Crippen LogP contribution in [0, 0.1) is 10.1 Å². The molecule has 0 saturated heterocycles. The number of rotatable bonds is 7. The number of carboxylic acid groups (broad SMARTS) is 1. The number of carboxylic acids is 1. The van der Waals surface area contributed by atoms with Crippen LogP contribution in [0.25, 0.3) is 0 Å². The molecule has 1 aromatic carbocycles. The Bertz CT molecular complexity index is 503. The Morgan fingerprint density at radius 3 is 2.50 bits per heavy atom. The van der Waals surface area contributed by atoms with E-state index in [-0.39, 0.29) is 11.1 Å². The van der Waals surface area contributed by atoms with E-state index in [1.807, 2.05) is 18.7 Å². The molecule has 7 heteroatoms. The quantitative estimate of drug-likeness (QED) is 0.362. The lowest BCUT2D eigenvalue weighted by molar-refractivity contribution is -0.385. The molecule has 0 aliphatic carbocycles. The summed E-state index contributed by atoms with van der Waals surface area (Å²) in [5, 5.41) is 19.8. The van der Waals surface area contributed by atoms with E-state index in [2.05, 4.69) is 0 Å². The summed E-state index contributed by atoms with van der Waals surface area (Å²) in [5.74, 6) is -1.31. The van der Waals surface area contributed by atoms with Gasteiger partial charge in [0, 0.05) is 12.5 Å². The van der Waals surface area contributed by atoms with Crippen LogP contribution in [0.3, 0.4) is 0 Å². The zero-order valence-corrected chi connectivity index (χ0v) is 12.1. The predicted molar refractivity (Wildman–Crippen MR) is 76.3 cm³/mol. The zero-order chi connectivity index (χ0) is 15.3. The molecule has 1 unspecified atom stereocenters. The molecule has 110 valence electrons. The average Bonchev–Trinajstić information content (AvgIpc) is 2.39. The van der Waals surface area contributed by atoms with Gasteiger partial charge in [-0.2, -0.15) is 0 Å². The molecule has 0 saturated carbocycles. The Balaban J connectivity index is 3.01. The van der Waals surface area contributed by atoms with Crippen molar-refractivity contribution < 1.29 is 14.8 Å². The molecule has 0 bridgehead atoms. The number of hydrogen-bond donors (Lipinski definition) is 1. The van der Waals surface area contributed by atoms with Gasteiger partial charge < -0.3 is 5.11 Å². The average molecular weight is 301 g/mol. The first-order valence-corrected chi connectivity index (χ1v) is 6.73. The number of nitro benzene ring substituents is 1. The van der Waals surface area contributed by atoms with Crippen LogP contribution in [-0.2, 0) is 6.42 Å². The molecule has 0 aliphatic heterocycles. The molecule has 20 heavy (non-hydrogen) atoms. The summed E-state index contributed by atoms with van der Waals surface area (Å²) in [6, 6.07) is 4.10. The third-order valence-electron chi connectivity index (χ3n) is 3.10. The summed E-state index contributed by atoms with van der Waals surface area (Å²) < 4.78 is 0. The van der Waals surface area contributed by atoms with Gasteiger partial charge in [-0.05, 0) is 24.7 Å². The molecule has 6 nitrogen and oxygen atoms in total. The van der Waals surface area contributed by atoms with Gasteiger partial charge in [0.05, 0.1) is 10.4 Å². The van der Waals surface area contributed by atoms with Crippen LogP contribution in [0.2, 0.25) is 0 Å². The number of hydrogen-bond acceptors (Lipinski definition) is 4. The van der Waals surface area contributed by atoms with Crippen LogP contribution in [0.5, 0.6) is 0 Å². The summed E-state index contributed by atoms with van der Waals surface area (Å²) in [7, 11) is 0. The fourth-order valence-corrected chi connectivity index (χ4v) is 2.43. The Kier molecular flexibility index (Phi) is 5.91. The summed E-state index contributed by atoms with van der Waals surface area (Å²) in [5.41, 5.74) is -0.347. The minimum Gasteiger partial charge on any atom is -0.477 e. The molecule has 1 aromatic rings. The lowest BCUT2D eigenvalue weighted by Gasteiger charge is -2.24. The van der Waals surface area contributed by atoms with Crippen molar-refractivity contribution in [2.24, 2.45) is 0 Å². The standard InChI is InChI=1S/C13H17ClN2O4/c1-3-15(4-2)12(14)8-9-5-6-10(13(17)18)11(7-9)16(19)20/h5-7,12H,3-4,8H2,1-2H3,(H,17,18). The van der Waals surface area contributed by atoms with Crippen molar-refractivity contribution in [2.75, 3.05) is 13.1 Å². The van der Waals surface area contributed by atoms with Crippen molar-refractivity contribution in [1.29, 1.82) is 0 Å². The number of nitrogens with zero attached hydrogens (tertiary/aromatic N) is 2. The molecule has 1 rings (SSSR count). The second-order valence-corrected chi connectivity index (χ2v) is 4.78. The minimum absolute atomic E-state index is 0.278. The minimum atomic E-state index is -1.31. The highest BCUT2D eigenvalue weighted by molar-refractivity contribution is 6.20. The summed E-state index contributed by atoms with van der Waals surface area (Å²) >= 11 is 6.26. The van der Waals surface area contributed by atoms with Crippen LogP contribution < -0.4 is 0 Å². The molecule has 0 amide bonds. The van der Waals surface area contributed by atoms with Crippen LogP contribution in [0.15, 0.2) is 18.2 Å². The smallest absolute Gasteiger partial charge is 0.342 e. The third-order valence-corrected chi connectivity index (χ3v) is 3.53. The molecule has 0 heterocycles. The van der Waals surface area contributed by atoms with Gasteiger partial charge in [-0.1, -0.05) is 19.9 Å². The van der Waals surface area contributed by atoms with Gasteiger partial charge in [0.2, 0.25) is 0 Å². The van der Waals surface area contributed by atoms with E-state index in [0.717, 1.165) is 13.1 Å². The largest absolute Gasteiger partial charge is 0.477 e. The number of benzene rings is 1. The van der Waals surface area contributed by atoms with Crippen LogP contribution in [0.4, 0.5) is 5.69 Å². The highest BCUT2D eigenvalue weighted by atomic mass is 35.5. The van der Waals surface area contributed by atoms with Gasteiger partial charge in [0.1, 0.15) is 5.56 Å². The van der Waals surface area contributed by atoms with Crippen molar-refractivity contribution in [3.05, 3.63) is 39.4 Å². The van der Waals surface area contributed by atoms with Crippen molar-refractivity contribution in [2.45, 2.75) is 25.8 Å². The highest BCUT2D eigenvalue weighted by Crippen LogP contribution is 2.22. The molecule has 0 aromatic heterocycles. The normalized spacial score (nSPS) is 12.4. The molecule has 0 aliphatic rings. The molecule has 0 fully saturated rings. The van der Waals surface area contributed by atoms with Crippen molar-refractivity contribution in [3.63, 3.8) is 0 Å². The number of aromatic carboxylic acids is 1. The third kappa shape index (κ3) is 3.91. The maximum atomic E-state index is 10.9. The summed E-state index contributed by atoms with van der Waals surface area (Å²) in [4.78, 5) is 23.2. The fraction of sp³-hybridized carbons (Fsp3) is 0.462. The Morgan fingerprint density at radius 2 is 2.05 bits per heavy atom. The van der Waals surface area contributed by atoms with Gasteiger partial charge in [-0.15, -0.1) is 11.6 Å². The van der Waals surface area contributed by atoms with Gasteiger partial charge in [-0.3, -0.25) is 15.0 Å². The number of carbonyl (C=O) groups is 1. The van der Waals surface area contributed by atoms with E-state index in [9.17, 15) is 14.9 Å². The molecule has 1 atom stereocenters. The fourth-order valence-electron chi connectivity index (χ4n) is 1.98. The van der Waals surface area contributed by atoms with Crippen LogP contribution in [-0.4, -0.2) is 39.5 Å². The predicted octanol–water partition coefficient (Wildman–Crippen LogP) is 2.74. The summed E-state index contributed by atoms with van der Waals surface area (Å²) in [6.07, 6.45) is 0.421. The monoisotopic (exact) mass is 300 g/mol. The van der Waals surface area contributed by atoms with Gasteiger partial charge >= 0.3 is 5.97 Å². The number of alkyl halides is 1. The van der Waals surface area contributed by atoms with Crippen molar-refractivity contribution >= 4 is 23.3 Å². The van der Waals surface area contributed by atoms with Crippen molar-refractivity contribution in [1.82, 2.24) is 4.90 Å². The van der Waals surface area contributed by atoms with E-state index in [1.54, 1.807) is 6.07 Å². The Labute approximate surface area is 122 Å². The molecule has 0 radical (unpaired) electrons. The lowest BCUT2D eigenvalue weighted by atomic mass is 10.1. The van der Waals surface area contributed by atoms with E-state index >= 15 is 0 Å². The number of likely N-dealkylation sites (N-methyl/N-ethyl adjacent to an activating group) is 1. The molecular weight excluding hydrogens is 284 g/mol. The highest BCUT2D eigenvalue weighted by Gasteiger charge is 2.21. The first-order chi connectivity index (χ1) is 9.40. The molecule has 1 N–H and O–H groups in total. The molecular formula is C13H17ClN2O4. The van der Waals surface area contributed by atoms with E-state index in [1.165, 1.54) is 12.1 Å². The SMILES string of the molecule is CCN(CC)C(Cl)Cc1ccc(C(=O)O)c([N+](=O)[O-])c1. The number of nitro groups is 1. The van der Waals surface area contributed by atoms with Crippen LogP contribution >= 0.6 is 11.6 Å². The number of halogens is 1. The van der Waals surface area contributed by atoms with E-state index in [0.29, 0.717) is 12.0 Å². The van der Waals surface area contributed by atoms with Gasteiger partial charge in [0.25, 0.3) is 5.69 Å². The van der Waals surface area contributed by atoms with Gasteiger partial charge in [-0.25, -0.2) is 4.79 Å². The lowest BCUT2D eigenvalue weighted by Crippen LogP contribution is -2.32. The second kappa shape index (κ2) is 7.21. The Morgan fingerprint density at radius 1 is 1.45 bits per heavy atom. The van der Waals surface area contributed by atoms with E-state index < -0.39 is 16.6 Å². The summed E-state index contributed by atoms with van der Waals surface area (Å²) in [6.45, 7) is 5.52. The molecule has 0 spiro atoms. The topological polar surface area (TPSA) is 83.7 Å². The second-order valence-electron chi connectivity index (χ2n) is 4.27. The van der Waals surface area contributed by atoms with Gasteiger partial charge in [0.15, 0.2) is 0 Å². The first kappa shape index (κ1) is 16.4. The van der Waals surface area contributed by atoms with Crippen LogP contribution in [0.1, 0.15) is 29.8 Å². The first-order valence-electron chi connectivity index (χ1n) is 6.29. The maximum Gasteiger partial charge on any atom is 0.342 e. The zero-order valence-electron chi connectivity index (χ0n) is 11.4. The maximum absolute atomic E-state index is 10.9. The van der Waals surface area contributed by atoms with E-state index in [4.69, 9.17) is 16.7 Å².